The molecule has 2 saturated heterocycles. The fourth-order valence-electron chi connectivity index (χ4n) is 3.59. The number of hydrogen-bond acceptors (Lipinski definition) is 3. The third kappa shape index (κ3) is 2.98. The SMILES string of the molecule is NC(=O)C1CCCN1C1CCN(C(=O)c2cc(Cl)c[nH]2)CC1. The van der Waals surface area contributed by atoms with Gasteiger partial charge in [-0.3, -0.25) is 14.5 Å². The van der Waals surface area contributed by atoms with Gasteiger partial charge in [0.15, 0.2) is 0 Å². The van der Waals surface area contributed by atoms with Crippen LogP contribution in [0.3, 0.4) is 0 Å². The summed E-state index contributed by atoms with van der Waals surface area (Å²) in [4.78, 5) is 30.8. The normalized spacial score (nSPS) is 23.9. The maximum absolute atomic E-state index is 12.4. The number of piperidine rings is 1. The van der Waals surface area contributed by atoms with Crippen molar-refractivity contribution in [2.45, 2.75) is 37.8 Å². The van der Waals surface area contributed by atoms with Crippen molar-refractivity contribution in [2.24, 2.45) is 5.73 Å². The van der Waals surface area contributed by atoms with Gasteiger partial charge in [-0.15, -0.1) is 0 Å². The zero-order chi connectivity index (χ0) is 15.7. The van der Waals surface area contributed by atoms with Crippen LogP contribution in [0, 0.1) is 0 Å². The first-order valence-electron chi connectivity index (χ1n) is 7.74. The van der Waals surface area contributed by atoms with Crippen molar-refractivity contribution in [2.75, 3.05) is 19.6 Å². The van der Waals surface area contributed by atoms with E-state index in [4.69, 9.17) is 17.3 Å². The number of likely N-dealkylation sites (tertiary alicyclic amines) is 2. The lowest BCUT2D eigenvalue weighted by atomic mass is 10.0. The minimum atomic E-state index is -0.225. The molecule has 0 aromatic carbocycles. The van der Waals surface area contributed by atoms with Gasteiger partial charge in [-0.2, -0.15) is 0 Å². The highest BCUT2D eigenvalue weighted by molar-refractivity contribution is 6.30. The van der Waals surface area contributed by atoms with Crippen LogP contribution in [0.2, 0.25) is 5.02 Å². The van der Waals surface area contributed by atoms with E-state index in [2.05, 4.69) is 9.88 Å². The molecule has 0 spiro atoms. The van der Waals surface area contributed by atoms with Gasteiger partial charge in [0.2, 0.25) is 5.91 Å². The van der Waals surface area contributed by atoms with Gasteiger partial charge < -0.3 is 15.6 Å². The second kappa shape index (κ2) is 6.30. The van der Waals surface area contributed by atoms with Crippen molar-refractivity contribution >= 4 is 23.4 Å². The molecule has 1 aromatic rings. The monoisotopic (exact) mass is 324 g/mol. The number of nitrogens with two attached hydrogens (primary N) is 1. The third-order valence-corrected chi connectivity index (χ3v) is 4.94. The largest absolute Gasteiger partial charge is 0.368 e. The molecule has 0 aliphatic carbocycles. The van der Waals surface area contributed by atoms with Crippen LogP contribution in [-0.4, -0.2) is 58.3 Å². The van der Waals surface area contributed by atoms with Crippen LogP contribution in [0.4, 0.5) is 0 Å². The quantitative estimate of drug-likeness (QED) is 0.877. The summed E-state index contributed by atoms with van der Waals surface area (Å²) in [6, 6.07) is 1.87. The predicted molar refractivity (Wildman–Crippen MR) is 83.7 cm³/mol. The predicted octanol–water partition coefficient (Wildman–Crippen LogP) is 1.22. The minimum Gasteiger partial charge on any atom is -0.368 e. The lowest BCUT2D eigenvalue weighted by Gasteiger charge is -2.38. The average Bonchev–Trinajstić information content (AvgIpc) is 3.15. The molecular weight excluding hydrogens is 304 g/mol. The number of halogens is 1. The summed E-state index contributed by atoms with van der Waals surface area (Å²) < 4.78 is 0. The number of amides is 2. The summed E-state index contributed by atoms with van der Waals surface area (Å²) in [6.07, 6.45) is 5.25. The molecule has 3 heterocycles. The summed E-state index contributed by atoms with van der Waals surface area (Å²) in [7, 11) is 0. The Morgan fingerprint density at radius 2 is 1.95 bits per heavy atom. The molecule has 0 radical (unpaired) electrons. The van der Waals surface area contributed by atoms with E-state index >= 15 is 0 Å². The van der Waals surface area contributed by atoms with Crippen LogP contribution in [0.15, 0.2) is 12.3 Å². The molecule has 22 heavy (non-hydrogen) atoms. The summed E-state index contributed by atoms with van der Waals surface area (Å²) in [5.41, 5.74) is 6.01. The Bertz CT molecular complexity index is 566. The summed E-state index contributed by atoms with van der Waals surface area (Å²) in [5, 5.41) is 0.541. The van der Waals surface area contributed by atoms with Gasteiger partial charge in [-0.05, 0) is 38.3 Å². The van der Waals surface area contributed by atoms with E-state index in [0.29, 0.717) is 29.8 Å². The van der Waals surface area contributed by atoms with Gasteiger partial charge in [0.05, 0.1) is 11.1 Å². The molecule has 3 rings (SSSR count). The third-order valence-electron chi connectivity index (χ3n) is 4.72. The second-order valence-corrected chi connectivity index (χ2v) is 6.49. The second-order valence-electron chi connectivity index (χ2n) is 6.05. The van der Waals surface area contributed by atoms with Gasteiger partial charge in [-0.25, -0.2) is 0 Å². The molecule has 2 fully saturated rings. The smallest absolute Gasteiger partial charge is 0.270 e. The van der Waals surface area contributed by atoms with Crippen molar-refractivity contribution in [3.63, 3.8) is 0 Å². The zero-order valence-electron chi connectivity index (χ0n) is 12.4. The van der Waals surface area contributed by atoms with Gasteiger partial charge in [0, 0.05) is 25.3 Å². The van der Waals surface area contributed by atoms with Gasteiger partial charge in [-0.1, -0.05) is 11.6 Å². The van der Waals surface area contributed by atoms with Gasteiger partial charge >= 0.3 is 0 Å². The lowest BCUT2D eigenvalue weighted by molar-refractivity contribution is -0.123. The van der Waals surface area contributed by atoms with E-state index in [1.807, 2.05) is 4.90 Å². The number of aromatic amines is 1. The number of carbonyl (C=O) groups excluding carboxylic acids is 2. The molecule has 0 saturated carbocycles. The summed E-state index contributed by atoms with van der Waals surface area (Å²) in [5.74, 6) is -0.241. The Morgan fingerprint density at radius 1 is 1.23 bits per heavy atom. The van der Waals surface area contributed by atoms with Crippen molar-refractivity contribution in [3.05, 3.63) is 23.0 Å². The van der Waals surface area contributed by atoms with E-state index in [-0.39, 0.29) is 17.9 Å². The molecule has 2 amide bonds. The first-order valence-corrected chi connectivity index (χ1v) is 8.12. The zero-order valence-corrected chi connectivity index (χ0v) is 13.2. The standard InChI is InChI=1S/C15H21ClN4O2/c16-10-8-12(18-9-10)15(22)19-6-3-11(4-7-19)20-5-1-2-13(20)14(17)21/h8-9,11,13,18H,1-7H2,(H2,17,21). The van der Waals surface area contributed by atoms with Crippen molar-refractivity contribution in [1.82, 2.24) is 14.8 Å². The van der Waals surface area contributed by atoms with E-state index in [1.165, 1.54) is 0 Å². The number of hydrogen-bond donors (Lipinski definition) is 2. The number of nitrogens with zero attached hydrogens (tertiary/aromatic N) is 2. The van der Waals surface area contributed by atoms with Crippen LogP contribution < -0.4 is 5.73 Å². The summed E-state index contributed by atoms with van der Waals surface area (Å²) in [6.45, 7) is 2.32. The number of nitrogens with one attached hydrogen (secondary N) is 1. The Balaban J connectivity index is 1.58. The molecule has 1 unspecified atom stereocenters. The Hall–Kier alpha value is -1.53. The van der Waals surface area contributed by atoms with Crippen LogP contribution in [-0.2, 0) is 4.79 Å². The highest BCUT2D eigenvalue weighted by Gasteiger charge is 2.36. The van der Waals surface area contributed by atoms with Crippen LogP contribution in [0.25, 0.3) is 0 Å². The lowest BCUT2D eigenvalue weighted by Crippen LogP contribution is -2.51. The molecule has 3 N–H and O–H groups in total. The Kier molecular flexibility index (Phi) is 4.40. The molecule has 1 atom stereocenters. The number of aromatic nitrogens is 1. The van der Waals surface area contributed by atoms with Crippen LogP contribution in [0.1, 0.15) is 36.2 Å². The van der Waals surface area contributed by atoms with Crippen LogP contribution in [0.5, 0.6) is 0 Å². The van der Waals surface area contributed by atoms with E-state index in [0.717, 1.165) is 32.2 Å². The first-order chi connectivity index (χ1) is 10.6. The summed E-state index contributed by atoms with van der Waals surface area (Å²) >= 11 is 5.85. The van der Waals surface area contributed by atoms with E-state index in [9.17, 15) is 9.59 Å². The first kappa shape index (κ1) is 15.4. The minimum absolute atomic E-state index is 0.0155. The number of H-pyrrole nitrogens is 1. The number of primary amides is 1. The van der Waals surface area contributed by atoms with Gasteiger partial charge in [0.1, 0.15) is 5.69 Å². The molecule has 0 bridgehead atoms. The fourth-order valence-corrected chi connectivity index (χ4v) is 3.76. The molecule has 1 aromatic heterocycles. The fraction of sp³-hybridized carbons (Fsp3) is 0.600. The molecule has 7 heteroatoms. The molecule has 2 aliphatic heterocycles. The van der Waals surface area contributed by atoms with E-state index < -0.39 is 0 Å². The molecule has 6 nitrogen and oxygen atoms in total. The van der Waals surface area contributed by atoms with E-state index in [1.54, 1.807) is 12.3 Å². The Morgan fingerprint density at radius 3 is 2.55 bits per heavy atom. The maximum Gasteiger partial charge on any atom is 0.270 e. The maximum atomic E-state index is 12.4. The van der Waals surface area contributed by atoms with Crippen molar-refractivity contribution < 1.29 is 9.59 Å². The average molecular weight is 325 g/mol. The highest BCUT2D eigenvalue weighted by Crippen LogP contribution is 2.26. The Labute approximate surface area is 134 Å². The van der Waals surface area contributed by atoms with Crippen LogP contribution >= 0.6 is 11.6 Å². The number of rotatable bonds is 3. The van der Waals surface area contributed by atoms with Gasteiger partial charge in [0.25, 0.3) is 5.91 Å². The number of carbonyl (C=O) groups is 2. The van der Waals surface area contributed by atoms with Crippen molar-refractivity contribution in [3.8, 4) is 0 Å². The molecular formula is C15H21ClN4O2. The highest BCUT2D eigenvalue weighted by atomic mass is 35.5. The topological polar surface area (TPSA) is 82.4 Å². The van der Waals surface area contributed by atoms with Crippen molar-refractivity contribution in [1.29, 1.82) is 0 Å². The molecule has 2 aliphatic rings. The molecule has 120 valence electrons.